The van der Waals surface area contributed by atoms with Crippen molar-refractivity contribution in [2.24, 2.45) is 10.7 Å². The molecule has 0 radical (unpaired) electrons. The fourth-order valence-electron chi connectivity index (χ4n) is 2.04. The topological polar surface area (TPSA) is 59.6 Å². The van der Waals surface area contributed by atoms with Gasteiger partial charge in [-0.15, -0.1) is 24.0 Å². The van der Waals surface area contributed by atoms with Crippen LogP contribution in [0.1, 0.15) is 52.4 Å². The summed E-state index contributed by atoms with van der Waals surface area (Å²) < 4.78 is 5.66. The Hall–Kier alpha value is -0.0400. The maximum absolute atomic E-state index is 5.81. The average Bonchev–Trinajstić information content (AvgIpc) is 2.74. The Labute approximate surface area is 128 Å². The predicted molar refractivity (Wildman–Crippen MR) is 87.6 cm³/mol. The molecule has 0 aromatic carbocycles. The highest BCUT2D eigenvalue weighted by atomic mass is 127. The molecule has 0 saturated carbocycles. The third-order valence-electron chi connectivity index (χ3n) is 3.22. The summed E-state index contributed by atoms with van der Waals surface area (Å²) in [6, 6.07) is 0. The lowest BCUT2D eigenvalue weighted by molar-refractivity contribution is 0.0284. The van der Waals surface area contributed by atoms with Crippen LogP contribution >= 0.6 is 24.0 Å². The van der Waals surface area contributed by atoms with Gasteiger partial charge in [0.2, 0.25) is 0 Å². The largest absolute Gasteiger partial charge is 0.373 e. The van der Waals surface area contributed by atoms with Gasteiger partial charge in [-0.05, 0) is 26.2 Å². The Morgan fingerprint density at radius 1 is 1.39 bits per heavy atom. The average molecular weight is 369 g/mol. The van der Waals surface area contributed by atoms with Crippen LogP contribution in [0.3, 0.4) is 0 Å². The van der Waals surface area contributed by atoms with Crippen molar-refractivity contribution in [3.63, 3.8) is 0 Å². The molecule has 18 heavy (non-hydrogen) atoms. The van der Waals surface area contributed by atoms with Gasteiger partial charge in [-0.25, -0.2) is 0 Å². The summed E-state index contributed by atoms with van der Waals surface area (Å²) in [6.45, 7) is 6.77. The van der Waals surface area contributed by atoms with Crippen LogP contribution < -0.4 is 11.1 Å². The van der Waals surface area contributed by atoms with Crippen molar-refractivity contribution in [2.75, 3.05) is 19.7 Å². The Bertz CT molecular complexity index is 240. The fraction of sp³-hybridized carbons (Fsp3) is 0.923. The first-order chi connectivity index (χ1) is 8.16. The molecule has 1 unspecified atom stereocenters. The van der Waals surface area contributed by atoms with Gasteiger partial charge in [0.1, 0.15) is 0 Å². The summed E-state index contributed by atoms with van der Waals surface area (Å²) in [5, 5.41) is 3.15. The van der Waals surface area contributed by atoms with Crippen LogP contribution in [0.4, 0.5) is 0 Å². The Morgan fingerprint density at radius 2 is 2.17 bits per heavy atom. The highest BCUT2D eigenvalue weighted by Gasteiger charge is 2.29. The van der Waals surface area contributed by atoms with Crippen molar-refractivity contribution in [3.8, 4) is 0 Å². The van der Waals surface area contributed by atoms with Crippen molar-refractivity contribution in [2.45, 2.75) is 58.0 Å². The molecular weight excluding hydrogens is 341 g/mol. The second-order valence-electron chi connectivity index (χ2n) is 5.09. The molecule has 0 amide bonds. The molecule has 1 atom stereocenters. The van der Waals surface area contributed by atoms with Crippen LogP contribution in [0.2, 0.25) is 0 Å². The number of ether oxygens (including phenoxy) is 1. The second kappa shape index (κ2) is 9.83. The SMILES string of the molecule is CCCCCCNC(N)=NCC1(C)CCCO1.I. The monoisotopic (exact) mass is 369 g/mol. The minimum absolute atomic E-state index is 0. The zero-order valence-electron chi connectivity index (χ0n) is 11.7. The van der Waals surface area contributed by atoms with E-state index in [1.54, 1.807) is 0 Å². The molecule has 1 saturated heterocycles. The molecule has 0 spiro atoms. The molecule has 108 valence electrons. The molecule has 0 aromatic heterocycles. The van der Waals surface area contributed by atoms with E-state index in [1.807, 2.05) is 0 Å². The lowest BCUT2D eigenvalue weighted by Crippen LogP contribution is -2.35. The summed E-state index contributed by atoms with van der Waals surface area (Å²) in [5.41, 5.74) is 5.72. The van der Waals surface area contributed by atoms with E-state index in [4.69, 9.17) is 10.5 Å². The number of hydrogen-bond donors (Lipinski definition) is 2. The van der Waals surface area contributed by atoms with Crippen molar-refractivity contribution in [3.05, 3.63) is 0 Å². The third kappa shape index (κ3) is 7.41. The maximum Gasteiger partial charge on any atom is 0.188 e. The molecule has 1 aliphatic rings. The van der Waals surface area contributed by atoms with Gasteiger partial charge in [-0.3, -0.25) is 4.99 Å². The van der Waals surface area contributed by atoms with Crippen molar-refractivity contribution in [1.82, 2.24) is 5.32 Å². The van der Waals surface area contributed by atoms with Gasteiger partial charge >= 0.3 is 0 Å². The minimum Gasteiger partial charge on any atom is -0.373 e. The lowest BCUT2D eigenvalue weighted by atomic mass is 10.0. The Morgan fingerprint density at radius 3 is 2.78 bits per heavy atom. The van der Waals surface area contributed by atoms with Crippen LogP contribution in [0.15, 0.2) is 4.99 Å². The van der Waals surface area contributed by atoms with Crippen molar-refractivity contribution < 1.29 is 4.74 Å². The van der Waals surface area contributed by atoms with Crippen LogP contribution in [0.5, 0.6) is 0 Å². The van der Waals surface area contributed by atoms with E-state index in [0.717, 1.165) is 32.4 Å². The van der Waals surface area contributed by atoms with Gasteiger partial charge < -0.3 is 15.8 Å². The molecule has 4 nitrogen and oxygen atoms in total. The normalized spacial score (nSPS) is 23.8. The number of nitrogens with zero attached hydrogens (tertiary/aromatic N) is 1. The quantitative estimate of drug-likeness (QED) is 0.314. The van der Waals surface area contributed by atoms with Crippen LogP contribution in [-0.2, 0) is 4.74 Å². The van der Waals surface area contributed by atoms with Crippen LogP contribution in [0, 0.1) is 0 Å². The number of hydrogen-bond acceptors (Lipinski definition) is 2. The maximum atomic E-state index is 5.81. The smallest absolute Gasteiger partial charge is 0.188 e. The molecule has 3 N–H and O–H groups in total. The summed E-state index contributed by atoms with van der Waals surface area (Å²) >= 11 is 0. The summed E-state index contributed by atoms with van der Waals surface area (Å²) in [5.74, 6) is 0.554. The van der Waals surface area contributed by atoms with Gasteiger partial charge in [0.05, 0.1) is 12.1 Å². The first-order valence-electron chi connectivity index (χ1n) is 6.84. The van der Waals surface area contributed by atoms with Gasteiger partial charge in [-0.1, -0.05) is 26.2 Å². The fourth-order valence-corrected chi connectivity index (χ4v) is 2.04. The number of aliphatic imine (C=N–C) groups is 1. The summed E-state index contributed by atoms with van der Waals surface area (Å²) in [7, 11) is 0. The minimum atomic E-state index is -0.0888. The predicted octanol–water partition coefficient (Wildman–Crippen LogP) is 2.66. The van der Waals surface area contributed by atoms with E-state index < -0.39 is 0 Å². The van der Waals surface area contributed by atoms with Gasteiger partial charge in [0.25, 0.3) is 0 Å². The van der Waals surface area contributed by atoms with E-state index >= 15 is 0 Å². The van der Waals surface area contributed by atoms with Crippen molar-refractivity contribution >= 4 is 29.9 Å². The van der Waals surface area contributed by atoms with Gasteiger partial charge in [0, 0.05) is 13.2 Å². The number of nitrogens with two attached hydrogens (primary N) is 1. The van der Waals surface area contributed by atoms with E-state index in [0.29, 0.717) is 12.5 Å². The highest BCUT2D eigenvalue weighted by molar-refractivity contribution is 14.0. The first-order valence-corrected chi connectivity index (χ1v) is 6.84. The number of unbranched alkanes of at least 4 members (excludes halogenated alkanes) is 3. The van der Waals surface area contributed by atoms with Crippen molar-refractivity contribution in [1.29, 1.82) is 0 Å². The second-order valence-corrected chi connectivity index (χ2v) is 5.09. The molecule has 1 heterocycles. The van der Waals surface area contributed by atoms with Gasteiger partial charge in [0.15, 0.2) is 5.96 Å². The van der Waals surface area contributed by atoms with E-state index in [-0.39, 0.29) is 29.6 Å². The zero-order chi connectivity index (χ0) is 12.6. The van der Waals surface area contributed by atoms with Gasteiger partial charge in [-0.2, -0.15) is 0 Å². The standard InChI is InChI=1S/C13H27N3O.HI/c1-3-4-5-6-9-15-12(14)16-11-13(2)8-7-10-17-13;/h3-11H2,1-2H3,(H3,14,15,16);1H. The molecule has 1 aliphatic heterocycles. The van der Waals surface area contributed by atoms with Crippen LogP contribution in [-0.4, -0.2) is 31.3 Å². The molecule has 0 aliphatic carbocycles. The molecule has 1 fully saturated rings. The number of guanidine groups is 1. The van der Waals surface area contributed by atoms with E-state index in [9.17, 15) is 0 Å². The highest BCUT2D eigenvalue weighted by Crippen LogP contribution is 2.24. The third-order valence-corrected chi connectivity index (χ3v) is 3.22. The molecule has 0 aromatic rings. The van der Waals surface area contributed by atoms with E-state index in [2.05, 4.69) is 24.2 Å². The van der Waals surface area contributed by atoms with Crippen LogP contribution in [0.25, 0.3) is 0 Å². The molecule has 5 heteroatoms. The Kier molecular flexibility index (Phi) is 9.81. The number of rotatable bonds is 7. The summed E-state index contributed by atoms with van der Waals surface area (Å²) in [6.07, 6.45) is 7.20. The molecular formula is C13H28IN3O. The zero-order valence-corrected chi connectivity index (χ0v) is 14.0. The van der Waals surface area contributed by atoms with E-state index in [1.165, 1.54) is 19.3 Å². The molecule has 1 rings (SSSR count). The summed E-state index contributed by atoms with van der Waals surface area (Å²) in [4.78, 5) is 4.35. The molecule has 0 bridgehead atoms. The lowest BCUT2D eigenvalue weighted by Gasteiger charge is -2.20. The number of halogens is 1. The number of nitrogens with one attached hydrogen (secondary N) is 1. The Balaban J connectivity index is 0.00000289. The first kappa shape index (κ1) is 18.0.